The van der Waals surface area contributed by atoms with Gasteiger partial charge >= 0.3 is 0 Å². The van der Waals surface area contributed by atoms with Crippen LogP contribution in [0.25, 0.3) is 0 Å². The van der Waals surface area contributed by atoms with E-state index < -0.39 is 0 Å². The largest absolute Gasteiger partial charge is 0.350 e. The molecular formula is C13H28N4O. The Kier molecular flexibility index (Phi) is 6.05. The van der Waals surface area contributed by atoms with Crippen LogP contribution in [0.15, 0.2) is 0 Å². The van der Waals surface area contributed by atoms with Crippen molar-refractivity contribution in [1.29, 1.82) is 0 Å². The van der Waals surface area contributed by atoms with Crippen molar-refractivity contribution in [2.75, 3.05) is 45.8 Å². The smallest absolute Gasteiger partial charge is 0.221 e. The zero-order valence-electron chi connectivity index (χ0n) is 12.0. The highest BCUT2D eigenvalue weighted by atomic mass is 16.1. The predicted octanol–water partition coefficient (Wildman–Crippen LogP) is -0.132. The molecular weight excluding hydrogens is 228 g/mol. The summed E-state index contributed by atoms with van der Waals surface area (Å²) in [6.07, 6.45) is 0.565. The van der Waals surface area contributed by atoms with Crippen LogP contribution in [0, 0.1) is 0 Å². The molecule has 5 heteroatoms. The molecule has 0 saturated carbocycles. The molecule has 1 rings (SSSR count). The Morgan fingerprint density at radius 1 is 1.22 bits per heavy atom. The molecule has 0 unspecified atom stereocenters. The van der Waals surface area contributed by atoms with E-state index >= 15 is 0 Å². The van der Waals surface area contributed by atoms with E-state index in [1.807, 2.05) is 13.8 Å². The molecule has 0 atom stereocenters. The number of likely N-dealkylation sites (N-methyl/N-ethyl adjacent to an activating group) is 1. The number of hydrogen-bond acceptors (Lipinski definition) is 4. The summed E-state index contributed by atoms with van der Waals surface area (Å²) < 4.78 is 0. The third-order valence-electron chi connectivity index (χ3n) is 3.56. The number of amides is 1. The van der Waals surface area contributed by atoms with Gasteiger partial charge < -0.3 is 20.9 Å². The number of rotatable bonds is 6. The number of piperazine rings is 1. The first-order valence-electron chi connectivity index (χ1n) is 6.92. The molecule has 0 aromatic heterocycles. The lowest BCUT2D eigenvalue weighted by Crippen LogP contribution is -2.50. The van der Waals surface area contributed by atoms with Crippen molar-refractivity contribution in [2.24, 2.45) is 5.73 Å². The van der Waals surface area contributed by atoms with E-state index in [0.717, 1.165) is 39.3 Å². The molecule has 106 valence electrons. The molecule has 3 N–H and O–H groups in total. The summed E-state index contributed by atoms with van der Waals surface area (Å²) >= 11 is 0. The van der Waals surface area contributed by atoms with Crippen molar-refractivity contribution >= 4 is 5.91 Å². The molecule has 18 heavy (non-hydrogen) atoms. The van der Waals surface area contributed by atoms with Gasteiger partial charge in [-0.3, -0.25) is 4.79 Å². The second-order valence-electron chi connectivity index (χ2n) is 5.66. The van der Waals surface area contributed by atoms with Crippen LogP contribution < -0.4 is 11.1 Å². The van der Waals surface area contributed by atoms with Gasteiger partial charge in [0.2, 0.25) is 5.91 Å². The Bertz CT molecular complexity index is 260. The molecule has 1 saturated heterocycles. The highest BCUT2D eigenvalue weighted by Gasteiger charge is 2.20. The monoisotopic (exact) mass is 256 g/mol. The van der Waals surface area contributed by atoms with E-state index in [0.29, 0.717) is 13.0 Å². The number of carbonyl (C=O) groups excluding carboxylic acids is 1. The topological polar surface area (TPSA) is 61.6 Å². The Hall–Kier alpha value is -0.650. The Balaban J connectivity index is 2.19. The lowest BCUT2D eigenvalue weighted by Gasteiger charge is -2.34. The first-order valence-corrected chi connectivity index (χ1v) is 6.92. The summed E-state index contributed by atoms with van der Waals surface area (Å²) in [6, 6.07) is 0. The van der Waals surface area contributed by atoms with Crippen molar-refractivity contribution in [1.82, 2.24) is 15.1 Å². The van der Waals surface area contributed by atoms with E-state index in [-0.39, 0.29) is 11.4 Å². The molecule has 0 bridgehead atoms. The van der Waals surface area contributed by atoms with Crippen LogP contribution in [-0.4, -0.2) is 67.1 Å². The fourth-order valence-electron chi connectivity index (χ4n) is 2.08. The Morgan fingerprint density at radius 3 is 2.28 bits per heavy atom. The second-order valence-corrected chi connectivity index (χ2v) is 5.66. The third-order valence-corrected chi connectivity index (χ3v) is 3.56. The van der Waals surface area contributed by atoms with Gasteiger partial charge in [0.1, 0.15) is 0 Å². The lowest BCUT2D eigenvalue weighted by molar-refractivity contribution is -0.123. The molecule has 0 aromatic rings. The van der Waals surface area contributed by atoms with Crippen LogP contribution in [0.5, 0.6) is 0 Å². The van der Waals surface area contributed by atoms with Gasteiger partial charge in [0.25, 0.3) is 0 Å². The molecule has 0 spiro atoms. The second kappa shape index (κ2) is 7.07. The van der Waals surface area contributed by atoms with Gasteiger partial charge in [-0.2, -0.15) is 0 Å². The van der Waals surface area contributed by atoms with Crippen LogP contribution in [0.3, 0.4) is 0 Å². The van der Waals surface area contributed by atoms with Gasteiger partial charge in [0.15, 0.2) is 0 Å². The minimum absolute atomic E-state index is 0.100. The van der Waals surface area contributed by atoms with Crippen molar-refractivity contribution in [3.8, 4) is 0 Å². The van der Waals surface area contributed by atoms with Gasteiger partial charge in [-0.25, -0.2) is 0 Å². The quantitative estimate of drug-likeness (QED) is 0.695. The SMILES string of the molecule is CCN1CCN(CCC(=O)NC(C)(C)CN)CC1. The first kappa shape index (κ1) is 15.4. The lowest BCUT2D eigenvalue weighted by atomic mass is 10.1. The van der Waals surface area contributed by atoms with Crippen LogP contribution in [0.4, 0.5) is 0 Å². The number of nitrogens with zero attached hydrogens (tertiary/aromatic N) is 2. The van der Waals surface area contributed by atoms with Gasteiger partial charge in [-0.1, -0.05) is 6.92 Å². The molecule has 1 amide bonds. The minimum Gasteiger partial charge on any atom is -0.350 e. The van der Waals surface area contributed by atoms with Crippen LogP contribution in [0.1, 0.15) is 27.2 Å². The summed E-state index contributed by atoms with van der Waals surface area (Å²) in [6.45, 7) is 12.9. The molecule has 5 nitrogen and oxygen atoms in total. The van der Waals surface area contributed by atoms with E-state index in [4.69, 9.17) is 5.73 Å². The minimum atomic E-state index is -0.294. The summed E-state index contributed by atoms with van der Waals surface area (Å²) in [4.78, 5) is 16.6. The first-order chi connectivity index (χ1) is 8.46. The van der Waals surface area contributed by atoms with Gasteiger partial charge in [-0.15, -0.1) is 0 Å². The molecule has 1 aliphatic rings. The zero-order chi connectivity index (χ0) is 13.6. The van der Waals surface area contributed by atoms with Crippen molar-refractivity contribution in [3.05, 3.63) is 0 Å². The fraction of sp³-hybridized carbons (Fsp3) is 0.923. The highest BCUT2D eigenvalue weighted by molar-refractivity contribution is 5.76. The molecule has 0 radical (unpaired) electrons. The van der Waals surface area contributed by atoms with E-state index in [9.17, 15) is 4.79 Å². The van der Waals surface area contributed by atoms with E-state index in [1.165, 1.54) is 0 Å². The number of carbonyl (C=O) groups is 1. The van der Waals surface area contributed by atoms with E-state index in [1.54, 1.807) is 0 Å². The van der Waals surface area contributed by atoms with Crippen LogP contribution in [0.2, 0.25) is 0 Å². The van der Waals surface area contributed by atoms with Gasteiger partial charge in [0, 0.05) is 51.2 Å². The maximum atomic E-state index is 11.8. The third kappa shape index (κ3) is 5.33. The normalized spacial score (nSPS) is 18.9. The molecule has 1 heterocycles. The Labute approximate surface area is 111 Å². The Morgan fingerprint density at radius 2 is 1.78 bits per heavy atom. The average Bonchev–Trinajstić information content (AvgIpc) is 2.36. The number of hydrogen-bond donors (Lipinski definition) is 2. The number of nitrogens with one attached hydrogen (secondary N) is 1. The highest BCUT2D eigenvalue weighted by Crippen LogP contribution is 2.03. The molecule has 0 aromatic carbocycles. The fourth-order valence-corrected chi connectivity index (χ4v) is 2.08. The van der Waals surface area contributed by atoms with Crippen LogP contribution >= 0.6 is 0 Å². The summed E-state index contributed by atoms with van der Waals surface area (Å²) in [7, 11) is 0. The standard InChI is InChI=1S/C13H28N4O/c1-4-16-7-9-17(10-8-16)6-5-12(18)15-13(2,3)11-14/h4-11,14H2,1-3H3,(H,15,18). The maximum Gasteiger partial charge on any atom is 0.221 e. The molecule has 1 fully saturated rings. The van der Waals surface area contributed by atoms with Gasteiger partial charge in [0.05, 0.1) is 0 Å². The summed E-state index contributed by atoms with van der Waals surface area (Å²) in [5, 5.41) is 2.96. The zero-order valence-corrected chi connectivity index (χ0v) is 12.0. The summed E-state index contributed by atoms with van der Waals surface area (Å²) in [5.41, 5.74) is 5.30. The van der Waals surface area contributed by atoms with Crippen molar-refractivity contribution in [3.63, 3.8) is 0 Å². The van der Waals surface area contributed by atoms with Gasteiger partial charge in [-0.05, 0) is 20.4 Å². The number of nitrogens with two attached hydrogens (primary N) is 1. The van der Waals surface area contributed by atoms with Crippen molar-refractivity contribution in [2.45, 2.75) is 32.7 Å². The predicted molar refractivity (Wildman–Crippen MR) is 74.4 cm³/mol. The van der Waals surface area contributed by atoms with Crippen LogP contribution in [-0.2, 0) is 4.79 Å². The van der Waals surface area contributed by atoms with E-state index in [2.05, 4.69) is 22.0 Å². The maximum absolute atomic E-state index is 11.8. The molecule has 0 aliphatic carbocycles. The molecule has 1 aliphatic heterocycles. The average molecular weight is 256 g/mol. The summed E-state index contributed by atoms with van der Waals surface area (Å²) in [5.74, 6) is 0.100. The van der Waals surface area contributed by atoms with Crippen molar-refractivity contribution < 1.29 is 4.79 Å².